The maximum atomic E-state index is 13.3. The maximum absolute atomic E-state index is 13.3. The Hall–Kier alpha value is -4.42. The number of nitrogens with zero attached hydrogens (tertiary/aromatic N) is 2. The molecule has 3 aromatic rings. The Labute approximate surface area is 236 Å². The fourth-order valence-electron chi connectivity index (χ4n) is 5.25. The van der Waals surface area contributed by atoms with Gasteiger partial charge in [-0.1, -0.05) is 6.07 Å². The van der Waals surface area contributed by atoms with Crippen LogP contribution in [0, 0.1) is 5.92 Å². The van der Waals surface area contributed by atoms with E-state index in [1.807, 2.05) is 0 Å². The van der Waals surface area contributed by atoms with Gasteiger partial charge in [0.2, 0.25) is 0 Å². The van der Waals surface area contributed by atoms with E-state index in [1.165, 1.54) is 4.90 Å². The smallest absolute Gasteiger partial charge is 0.309 e. The molecule has 0 bridgehead atoms. The number of likely N-dealkylation sites (tertiary alicyclic amines) is 1. The number of rotatable bonds is 7. The first-order valence-corrected chi connectivity index (χ1v) is 13.6. The lowest BCUT2D eigenvalue weighted by Gasteiger charge is -2.34. The zero-order valence-corrected chi connectivity index (χ0v) is 22.7. The number of morpholine rings is 1. The number of anilines is 3. The largest absolute Gasteiger partial charge is 0.466 e. The van der Waals surface area contributed by atoms with Crippen molar-refractivity contribution in [2.75, 3.05) is 48.8 Å². The van der Waals surface area contributed by atoms with Gasteiger partial charge in [0.25, 0.3) is 17.7 Å². The zero-order chi connectivity index (χ0) is 29.1. The third-order valence-corrected chi connectivity index (χ3v) is 7.48. The molecule has 3 heterocycles. The number of aliphatic hydroxyl groups excluding tert-OH is 1. The minimum Gasteiger partial charge on any atom is -0.466 e. The van der Waals surface area contributed by atoms with Crippen LogP contribution in [0.5, 0.6) is 0 Å². The number of aromatic amines is 1. The second-order valence-corrected chi connectivity index (χ2v) is 10.1. The van der Waals surface area contributed by atoms with Gasteiger partial charge in [0.1, 0.15) is 5.82 Å². The Morgan fingerprint density at radius 2 is 1.95 bits per heavy atom. The van der Waals surface area contributed by atoms with Crippen LogP contribution in [-0.4, -0.2) is 83.7 Å². The first-order chi connectivity index (χ1) is 19.8. The number of hydrogen-bond donors (Lipinski definition) is 4. The van der Waals surface area contributed by atoms with Gasteiger partial charge in [0, 0.05) is 53.5 Å². The molecule has 0 unspecified atom stereocenters. The molecular weight excluding hydrogens is 530 g/mol. The van der Waals surface area contributed by atoms with Crippen molar-refractivity contribution in [2.24, 2.45) is 5.92 Å². The molecule has 41 heavy (non-hydrogen) atoms. The number of carbonyl (C=O) groups is 4. The van der Waals surface area contributed by atoms with Gasteiger partial charge < -0.3 is 40.4 Å². The minimum absolute atomic E-state index is 0.0921. The lowest BCUT2D eigenvalue weighted by molar-refractivity contribution is -0.150. The van der Waals surface area contributed by atoms with Crippen molar-refractivity contribution in [3.8, 4) is 0 Å². The summed E-state index contributed by atoms with van der Waals surface area (Å²) < 4.78 is 10.6. The summed E-state index contributed by atoms with van der Waals surface area (Å²) >= 11 is 0. The van der Waals surface area contributed by atoms with Gasteiger partial charge in [-0.25, -0.2) is 0 Å². The van der Waals surface area contributed by atoms with E-state index in [0.717, 1.165) is 10.8 Å². The number of carbonyl (C=O) groups excluding carboxylic acids is 4. The molecule has 216 valence electrons. The predicted octanol–water partition coefficient (Wildman–Crippen LogP) is 1.90. The number of H-pyrrole nitrogens is 1. The van der Waals surface area contributed by atoms with Crippen molar-refractivity contribution in [3.05, 3.63) is 54.2 Å². The van der Waals surface area contributed by atoms with Crippen LogP contribution in [0.25, 0.3) is 10.8 Å². The van der Waals surface area contributed by atoms with Gasteiger partial charge in [-0.15, -0.1) is 0 Å². The van der Waals surface area contributed by atoms with E-state index < -0.39 is 24.0 Å². The van der Waals surface area contributed by atoms with Crippen LogP contribution >= 0.6 is 0 Å². The number of amides is 3. The summed E-state index contributed by atoms with van der Waals surface area (Å²) in [5.41, 5.74) is 7.14. The number of fused-ring (bicyclic) bond motifs is 1. The Morgan fingerprint density at radius 1 is 1.17 bits per heavy atom. The number of piperidine rings is 1. The molecule has 2 aliphatic rings. The number of benzene rings is 2. The molecule has 2 atom stereocenters. The molecule has 5 rings (SSSR count). The molecule has 12 heteroatoms. The molecule has 2 saturated heterocycles. The number of nitrogens with one attached hydrogen (secondary N) is 2. The highest BCUT2D eigenvalue weighted by Crippen LogP contribution is 2.26. The number of nitrogens with two attached hydrogens (primary N) is 1. The quantitative estimate of drug-likeness (QED) is 0.316. The van der Waals surface area contributed by atoms with Gasteiger partial charge in [-0.3, -0.25) is 19.2 Å². The first kappa shape index (κ1) is 28.1. The van der Waals surface area contributed by atoms with E-state index in [-0.39, 0.29) is 30.9 Å². The first-order valence-electron chi connectivity index (χ1n) is 13.6. The summed E-state index contributed by atoms with van der Waals surface area (Å²) in [6.45, 7) is 3.23. The van der Waals surface area contributed by atoms with Crippen LogP contribution in [0.4, 0.5) is 17.2 Å². The van der Waals surface area contributed by atoms with Crippen molar-refractivity contribution in [2.45, 2.75) is 32.0 Å². The van der Waals surface area contributed by atoms with Crippen LogP contribution < -0.4 is 16.0 Å². The third-order valence-electron chi connectivity index (χ3n) is 7.48. The number of hydrogen-bond acceptors (Lipinski definition) is 8. The fourth-order valence-corrected chi connectivity index (χ4v) is 5.25. The Kier molecular flexibility index (Phi) is 8.22. The number of ether oxygens (including phenoxy) is 2. The summed E-state index contributed by atoms with van der Waals surface area (Å²) in [7, 11) is 0. The van der Waals surface area contributed by atoms with E-state index in [9.17, 15) is 24.3 Å². The predicted molar refractivity (Wildman–Crippen MR) is 151 cm³/mol. The van der Waals surface area contributed by atoms with Crippen molar-refractivity contribution < 1.29 is 33.8 Å². The SMILES string of the molecule is CCOC(=O)C1CCN(C(=O)c2cccc(N3CCO[C@H]([C@@H](O)C(=O)Nc4ccc5c(N)[nH]cc5c4)C3=O)c2)CC1. The van der Waals surface area contributed by atoms with Gasteiger partial charge >= 0.3 is 5.97 Å². The molecule has 2 aromatic carbocycles. The van der Waals surface area contributed by atoms with Crippen LogP contribution in [-0.2, 0) is 23.9 Å². The molecule has 0 aliphatic carbocycles. The summed E-state index contributed by atoms with van der Waals surface area (Å²) in [6.07, 6.45) is -0.422. The third kappa shape index (κ3) is 5.88. The lowest BCUT2D eigenvalue weighted by atomic mass is 9.96. The standard InChI is InChI=1S/C29H33N5O7/c1-2-40-29(39)17-8-10-33(11-9-17)27(37)18-4-3-5-21(15-18)34-12-13-41-24(28(34)38)23(35)26(36)32-20-6-7-22-19(14-20)16-31-25(22)30/h3-7,14-17,23-24,31,35H,2,8-13,30H2,1H3,(H,32,36)/t23-,24-/m1/s1. The normalized spacial score (nSPS) is 18.8. The van der Waals surface area contributed by atoms with Crippen molar-refractivity contribution in [1.29, 1.82) is 0 Å². The topological polar surface area (TPSA) is 167 Å². The second-order valence-electron chi connectivity index (χ2n) is 10.1. The van der Waals surface area contributed by atoms with Gasteiger partial charge in [-0.2, -0.15) is 0 Å². The zero-order valence-electron chi connectivity index (χ0n) is 22.7. The molecule has 0 saturated carbocycles. The minimum atomic E-state index is -1.76. The molecule has 1 aromatic heterocycles. The van der Waals surface area contributed by atoms with Gasteiger partial charge in [0.05, 0.1) is 19.1 Å². The van der Waals surface area contributed by atoms with Gasteiger partial charge in [0.15, 0.2) is 12.2 Å². The van der Waals surface area contributed by atoms with Crippen LogP contribution in [0.1, 0.15) is 30.1 Å². The highest BCUT2D eigenvalue weighted by molar-refractivity contribution is 6.05. The molecule has 12 nitrogen and oxygen atoms in total. The van der Waals surface area contributed by atoms with Crippen molar-refractivity contribution >= 4 is 51.7 Å². The summed E-state index contributed by atoms with van der Waals surface area (Å²) in [6, 6.07) is 11.7. The number of esters is 1. The Morgan fingerprint density at radius 3 is 2.71 bits per heavy atom. The second kappa shape index (κ2) is 12.0. The Bertz CT molecular complexity index is 1460. The highest BCUT2D eigenvalue weighted by atomic mass is 16.5. The summed E-state index contributed by atoms with van der Waals surface area (Å²) in [5.74, 6) is -1.52. The lowest BCUT2D eigenvalue weighted by Crippen LogP contribution is -2.55. The van der Waals surface area contributed by atoms with Crippen molar-refractivity contribution in [3.63, 3.8) is 0 Å². The van der Waals surface area contributed by atoms with Crippen LogP contribution in [0.2, 0.25) is 0 Å². The monoisotopic (exact) mass is 563 g/mol. The van der Waals surface area contributed by atoms with Crippen LogP contribution in [0.15, 0.2) is 48.7 Å². The van der Waals surface area contributed by atoms with Crippen molar-refractivity contribution in [1.82, 2.24) is 9.88 Å². The van der Waals surface area contributed by atoms with E-state index in [1.54, 1.807) is 60.5 Å². The number of aliphatic hydroxyl groups is 1. The average Bonchev–Trinajstić information content (AvgIpc) is 3.36. The van der Waals surface area contributed by atoms with E-state index in [0.29, 0.717) is 55.3 Å². The fraction of sp³-hybridized carbons (Fsp3) is 0.379. The molecule has 0 radical (unpaired) electrons. The van der Waals surface area contributed by atoms with E-state index in [2.05, 4.69) is 10.3 Å². The van der Waals surface area contributed by atoms with Crippen LogP contribution in [0.3, 0.4) is 0 Å². The molecule has 5 N–H and O–H groups in total. The number of aromatic nitrogens is 1. The van der Waals surface area contributed by atoms with E-state index >= 15 is 0 Å². The maximum Gasteiger partial charge on any atom is 0.309 e. The summed E-state index contributed by atoms with van der Waals surface area (Å²) in [5, 5.41) is 15.0. The van der Waals surface area contributed by atoms with Gasteiger partial charge in [-0.05, 0) is 56.2 Å². The molecule has 0 spiro atoms. The molecule has 3 amide bonds. The molecule has 2 aliphatic heterocycles. The van der Waals surface area contributed by atoms with E-state index in [4.69, 9.17) is 15.2 Å². The summed E-state index contributed by atoms with van der Waals surface area (Å²) in [4.78, 5) is 57.4. The molecular formula is C29H33N5O7. The number of nitrogen functional groups attached to an aromatic ring is 1. The molecule has 2 fully saturated rings. The Balaban J connectivity index is 1.23. The highest BCUT2D eigenvalue weighted by Gasteiger charge is 2.39. The average molecular weight is 564 g/mol.